The third kappa shape index (κ3) is 16.1. The first-order valence-corrected chi connectivity index (χ1v) is 24.6. The van der Waals surface area contributed by atoms with Gasteiger partial charge < -0.3 is 62.0 Å². The molecule has 5 aromatic rings. The van der Waals surface area contributed by atoms with Gasteiger partial charge in [-0.3, -0.25) is 14.8 Å². The van der Waals surface area contributed by atoms with E-state index in [1.54, 1.807) is 67.6 Å². The number of esters is 1. The lowest BCUT2D eigenvalue weighted by Crippen LogP contribution is -2.26. The highest BCUT2D eigenvalue weighted by Crippen LogP contribution is 2.41. The molecule has 3 aliphatic rings. The highest BCUT2D eigenvalue weighted by Gasteiger charge is 2.38. The van der Waals surface area contributed by atoms with Crippen molar-refractivity contribution in [3.05, 3.63) is 154 Å². The highest BCUT2D eigenvalue weighted by molar-refractivity contribution is 8.18. The molecule has 3 aliphatic heterocycles. The van der Waals surface area contributed by atoms with E-state index < -0.39 is 36.1 Å². The molecule has 0 aromatic heterocycles. The normalized spacial score (nSPS) is 14.8. The van der Waals surface area contributed by atoms with Crippen molar-refractivity contribution in [2.45, 2.75) is 25.9 Å². The Labute approximate surface area is 442 Å². The van der Waals surface area contributed by atoms with Gasteiger partial charge in [0.2, 0.25) is 0 Å². The molecule has 3 heterocycles. The number of para-hydroxylation sites is 1. The standard InChI is InChI=1S/C51H50N10O8S.C2HF3O2/c1-2-68-49(65)43-44(63)42(70-48(43)57-35-8-4-3-5-9-35)27-31-10-19-41(40(62)26-31)69-25-7-6-20-56-47(64)34-28-38(60-50(66)58-36-15-11-32(12-16-36)45-52-21-22-53-45)30-39(29-34)61-51(67)59-37-17-13-33(14-18-37)46-54-23-24-55-46;3-2(4,5)1(6)7/h3-5,8-19,26-30,62-63H,2,6-7,20-25H2,1H3,(H,52,53)(H,54,55)(H,56,64)(H2,58,60,66)(H2,59,61,67);(H,6,7)/b42-27-,57-48?;. The number of thioether (sulfide) groups is 1. The number of aliphatic carboxylic acids is 1. The predicted octanol–water partition coefficient (Wildman–Crippen LogP) is 8.80. The molecule has 0 fully saturated rings. The van der Waals surface area contributed by atoms with Crippen molar-refractivity contribution >= 4 is 92.9 Å². The summed E-state index contributed by atoms with van der Waals surface area (Å²) in [4.78, 5) is 75.3. The molecule has 0 unspecified atom stereocenters. The van der Waals surface area contributed by atoms with E-state index >= 15 is 0 Å². The lowest BCUT2D eigenvalue weighted by molar-refractivity contribution is -0.192. The SMILES string of the molecule is CCOC(=O)C1=C(O)/C(=C/c2ccc(OCCCCNC(=O)c3cc(NC(=O)Nc4ccc(C5=NCCN5)cc4)cc(NC(=O)Nc4ccc(C5=NCCN5)cc4)c3)c(O)c2)SC1=Nc1ccccc1.O=C(O)C(F)(F)F. The number of nitrogens with one attached hydrogen (secondary N) is 7. The number of carboxylic acids is 1. The van der Waals surface area contributed by atoms with Crippen LogP contribution in [0.25, 0.3) is 6.08 Å². The van der Waals surface area contributed by atoms with E-state index in [0.29, 0.717) is 58.5 Å². The number of urea groups is 2. The number of amidine groups is 2. The fraction of sp³-hybridized carbons (Fsp3) is 0.208. The number of anilines is 4. The highest BCUT2D eigenvalue weighted by atomic mass is 32.2. The van der Waals surface area contributed by atoms with Crippen LogP contribution < -0.4 is 42.0 Å². The first-order chi connectivity index (χ1) is 37.0. The molecule has 77 heavy (non-hydrogen) atoms. The number of benzene rings is 5. The number of rotatable bonds is 17. The van der Waals surface area contributed by atoms with Gasteiger partial charge in [-0.25, -0.2) is 24.2 Å². The average molecular weight is 1080 g/mol. The minimum Gasteiger partial charge on any atom is -0.506 e. The fourth-order valence-corrected chi connectivity index (χ4v) is 8.35. The van der Waals surface area contributed by atoms with Crippen molar-refractivity contribution in [3.63, 3.8) is 0 Å². The lowest BCUT2D eigenvalue weighted by Gasteiger charge is -2.14. The van der Waals surface area contributed by atoms with Crippen LogP contribution in [0.4, 0.5) is 51.2 Å². The minimum atomic E-state index is -5.08. The van der Waals surface area contributed by atoms with Crippen LogP contribution in [0.5, 0.6) is 11.5 Å². The number of hydrogen-bond donors (Lipinski definition) is 10. The lowest BCUT2D eigenvalue weighted by atomic mass is 10.1. The van der Waals surface area contributed by atoms with E-state index in [-0.39, 0.29) is 59.5 Å². The Morgan fingerprint density at radius 2 is 1.30 bits per heavy atom. The summed E-state index contributed by atoms with van der Waals surface area (Å²) in [6, 6.07) is 31.7. The van der Waals surface area contributed by atoms with E-state index in [2.05, 4.69) is 52.2 Å². The smallest absolute Gasteiger partial charge is 0.490 e. The maximum absolute atomic E-state index is 13.5. The Morgan fingerprint density at radius 1 is 0.740 bits per heavy atom. The summed E-state index contributed by atoms with van der Waals surface area (Å²) in [6.07, 6.45) is -2.41. The van der Waals surface area contributed by atoms with Crippen molar-refractivity contribution in [2.24, 2.45) is 15.0 Å². The van der Waals surface area contributed by atoms with Gasteiger partial charge in [-0.1, -0.05) is 36.0 Å². The van der Waals surface area contributed by atoms with Crippen molar-refractivity contribution in [3.8, 4) is 11.5 Å². The van der Waals surface area contributed by atoms with Crippen LogP contribution in [0, 0.1) is 0 Å². The number of unbranched alkanes of at least 4 members (excludes halogenated alkanes) is 1. The third-order valence-corrected chi connectivity index (χ3v) is 11.9. The second-order valence-electron chi connectivity index (χ2n) is 16.6. The van der Waals surface area contributed by atoms with Crippen molar-refractivity contribution in [1.29, 1.82) is 0 Å². The summed E-state index contributed by atoms with van der Waals surface area (Å²) < 4.78 is 42.8. The van der Waals surface area contributed by atoms with Gasteiger partial charge in [0.15, 0.2) is 11.5 Å². The molecule has 20 nitrogen and oxygen atoms in total. The number of ether oxygens (including phenoxy) is 2. The molecule has 400 valence electrons. The Hall–Kier alpha value is -9.32. The van der Waals surface area contributed by atoms with Gasteiger partial charge in [0.05, 0.1) is 36.9 Å². The maximum atomic E-state index is 13.5. The zero-order chi connectivity index (χ0) is 54.9. The molecule has 0 bridgehead atoms. The first kappa shape index (κ1) is 55.4. The number of aliphatic hydroxyl groups excluding tert-OH is 1. The molecule has 10 N–H and O–H groups in total. The van der Waals surface area contributed by atoms with Crippen molar-refractivity contribution in [2.75, 3.05) is 67.2 Å². The first-order valence-electron chi connectivity index (χ1n) is 23.8. The predicted molar refractivity (Wildman–Crippen MR) is 288 cm³/mol. The second kappa shape index (κ2) is 26.3. The van der Waals surface area contributed by atoms with Crippen molar-refractivity contribution in [1.82, 2.24) is 16.0 Å². The topological polar surface area (TPSA) is 286 Å². The summed E-state index contributed by atoms with van der Waals surface area (Å²) in [5, 5.41) is 49.7. The summed E-state index contributed by atoms with van der Waals surface area (Å²) in [5.41, 5.74) is 4.68. The van der Waals surface area contributed by atoms with Gasteiger partial charge in [0.1, 0.15) is 28.0 Å². The van der Waals surface area contributed by atoms with Crippen LogP contribution in [0.3, 0.4) is 0 Å². The van der Waals surface area contributed by atoms with E-state index in [1.165, 1.54) is 18.2 Å². The molecule has 0 radical (unpaired) electrons. The molecule has 8 rings (SSSR count). The van der Waals surface area contributed by atoms with E-state index in [1.807, 2.05) is 42.5 Å². The molecular weight excluding hydrogens is 1030 g/mol. The zero-order valence-electron chi connectivity index (χ0n) is 41.0. The number of aliphatic imine (C=N–C) groups is 3. The van der Waals surface area contributed by atoms with Gasteiger partial charge in [0, 0.05) is 59.1 Å². The van der Waals surface area contributed by atoms with Gasteiger partial charge in [-0.05, 0) is 122 Å². The largest absolute Gasteiger partial charge is 0.506 e. The van der Waals surface area contributed by atoms with Crippen LogP contribution >= 0.6 is 11.8 Å². The number of aromatic hydroxyl groups is 1. The quantitative estimate of drug-likeness (QED) is 0.0308. The monoisotopic (exact) mass is 1080 g/mol. The number of phenols is 1. The Balaban J connectivity index is 0.00000115. The molecule has 24 heteroatoms. The Morgan fingerprint density at radius 3 is 1.81 bits per heavy atom. The number of hydrogen-bond acceptors (Lipinski definition) is 15. The van der Waals surface area contributed by atoms with Crippen LogP contribution in [0.15, 0.2) is 146 Å². The molecule has 0 aliphatic carbocycles. The number of carbonyl (C=O) groups is 5. The van der Waals surface area contributed by atoms with Gasteiger partial charge >= 0.3 is 30.2 Å². The molecule has 5 amide bonds. The summed E-state index contributed by atoms with van der Waals surface area (Å²) in [6.45, 7) is 5.27. The van der Waals surface area contributed by atoms with Crippen LogP contribution in [-0.2, 0) is 14.3 Å². The van der Waals surface area contributed by atoms with Crippen LogP contribution in [0.2, 0.25) is 0 Å². The number of halogens is 3. The van der Waals surface area contributed by atoms with Crippen LogP contribution in [-0.4, -0.2) is 114 Å². The minimum absolute atomic E-state index is 0.0348. The third-order valence-electron chi connectivity index (χ3n) is 10.9. The Bertz CT molecular complexity index is 3050. The Kier molecular flexibility index (Phi) is 18.9. The number of carboxylic acid groups (broad SMARTS) is 1. The molecule has 0 saturated carbocycles. The number of phenolic OH excluding ortho intramolecular Hbond substituents is 1. The molecule has 0 saturated heterocycles. The van der Waals surface area contributed by atoms with E-state index in [0.717, 1.165) is 47.6 Å². The average Bonchev–Trinajstić information content (AvgIpc) is 4.23. The number of alkyl halides is 3. The fourth-order valence-electron chi connectivity index (χ4n) is 7.32. The van der Waals surface area contributed by atoms with Gasteiger partial charge in [-0.2, -0.15) is 13.2 Å². The summed E-state index contributed by atoms with van der Waals surface area (Å²) in [7, 11) is 0. The number of nitrogens with zero attached hydrogens (tertiary/aromatic N) is 3. The summed E-state index contributed by atoms with van der Waals surface area (Å²) >= 11 is 1.11. The maximum Gasteiger partial charge on any atom is 0.490 e. The molecule has 0 atom stereocenters. The number of aliphatic hydroxyl groups is 1. The molecule has 0 spiro atoms. The van der Waals surface area contributed by atoms with Crippen LogP contribution in [0.1, 0.15) is 46.8 Å². The number of amides is 5. The summed E-state index contributed by atoms with van der Waals surface area (Å²) in [5.74, 6) is -2.45. The zero-order valence-corrected chi connectivity index (χ0v) is 41.8. The van der Waals surface area contributed by atoms with Crippen molar-refractivity contribution < 1.29 is 61.9 Å². The molecular formula is C53H51F3N10O10S. The van der Waals surface area contributed by atoms with Gasteiger partial charge in [-0.15, -0.1) is 0 Å². The van der Waals surface area contributed by atoms with E-state index in [9.17, 15) is 42.6 Å². The number of carbonyl (C=O) groups excluding carboxylic acids is 4. The van der Waals surface area contributed by atoms with E-state index in [4.69, 9.17) is 19.4 Å². The molecule has 5 aromatic carbocycles. The van der Waals surface area contributed by atoms with Gasteiger partial charge in [0.25, 0.3) is 5.91 Å². The second-order valence-corrected chi connectivity index (χ2v) is 17.6.